The number of hydrogen-bond acceptors (Lipinski definition) is 3. The summed E-state index contributed by atoms with van der Waals surface area (Å²) >= 11 is 1.78. The van der Waals surface area contributed by atoms with E-state index >= 15 is 0 Å². The maximum Gasteiger partial charge on any atom is 0.223 e. The van der Waals surface area contributed by atoms with Gasteiger partial charge in [-0.15, -0.1) is 11.8 Å². The van der Waals surface area contributed by atoms with Crippen LogP contribution in [-0.2, 0) is 4.79 Å². The molecule has 0 radical (unpaired) electrons. The Morgan fingerprint density at radius 1 is 1.38 bits per heavy atom. The highest BCUT2D eigenvalue weighted by Crippen LogP contribution is 2.23. The van der Waals surface area contributed by atoms with Crippen LogP contribution in [0.15, 0.2) is 23.1 Å². The number of likely N-dealkylation sites (N-methyl/N-ethyl adjacent to an activating group) is 1. The number of nitrogens with one attached hydrogen (secondary N) is 1. The Kier molecular flexibility index (Phi) is 6.12. The lowest BCUT2D eigenvalue weighted by Crippen LogP contribution is -2.40. The SMILES string of the molecule is CNCC1CCCN1C(=O)CCSc1ccc(C)c(C)c1. The number of likely N-dealkylation sites (tertiary alicyclic amines) is 1. The first-order valence-corrected chi connectivity index (χ1v) is 8.74. The second-order valence-electron chi connectivity index (χ2n) is 5.79. The summed E-state index contributed by atoms with van der Waals surface area (Å²) in [6.45, 7) is 6.11. The summed E-state index contributed by atoms with van der Waals surface area (Å²) in [7, 11) is 1.95. The van der Waals surface area contributed by atoms with Crippen LogP contribution in [0.25, 0.3) is 0 Å². The van der Waals surface area contributed by atoms with Crippen molar-refractivity contribution in [2.24, 2.45) is 0 Å². The first kappa shape index (κ1) is 16.4. The normalized spacial score (nSPS) is 18.2. The fraction of sp³-hybridized carbons (Fsp3) is 0.588. The van der Waals surface area contributed by atoms with E-state index in [1.807, 2.05) is 7.05 Å². The summed E-state index contributed by atoms with van der Waals surface area (Å²) in [5.41, 5.74) is 2.64. The maximum absolute atomic E-state index is 12.3. The van der Waals surface area contributed by atoms with Crippen LogP contribution < -0.4 is 5.32 Å². The Labute approximate surface area is 132 Å². The van der Waals surface area contributed by atoms with Gasteiger partial charge in [0.05, 0.1) is 0 Å². The molecule has 1 atom stereocenters. The molecule has 0 saturated carbocycles. The second-order valence-corrected chi connectivity index (χ2v) is 6.95. The van der Waals surface area contributed by atoms with Crippen LogP contribution in [0.4, 0.5) is 0 Å². The van der Waals surface area contributed by atoms with Crippen molar-refractivity contribution in [1.82, 2.24) is 10.2 Å². The van der Waals surface area contributed by atoms with E-state index in [4.69, 9.17) is 0 Å². The van der Waals surface area contributed by atoms with Crippen LogP contribution in [0.1, 0.15) is 30.4 Å². The monoisotopic (exact) mass is 306 g/mol. The number of hydrogen-bond donors (Lipinski definition) is 1. The third kappa shape index (κ3) is 4.48. The Bertz CT molecular complexity index is 490. The van der Waals surface area contributed by atoms with Crippen molar-refractivity contribution in [3.8, 4) is 0 Å². The fourth-order valence-electron chi connectivity index (χ4n) is 2.82. The van der Waals surface area contributed by atoms with Gasteiger partial charge in [0.2, 0.25) is 5.91 Å². The highest BCUT2D eigenvalue weighted by Gasteiger charge is 2.27. The summed E-state index contributed by atoms with van der Waals surface area (Å²) in [6, 6.07) is 6.92. The van der Waals surface area contributed by atoms with Crippen molar-refractivity contribution < 1.29 is 4.79 Å². The zero-order chi connectivity index (χ0) is 15.2. The van der Waals surface area contributed by atoms with Gasteiger partial charge in [0.1, 0.15) is 0 Å². The van der Waals surface area contributed by atoms with E-state index in [0.717, 1.165) is 31.7 Å². The quantitative estimate of drug-likeness (QED) is 0.820. The molecule has 0 aliphatic carbocycles. The number of carbonyl (C=O) groups is 1. The van der Waals surface area contributed by atoms with Gasteiger partial charge in [-0.3, -0.25) is 4.79 Å². The first-order valence-electron chi connectivity index (χ1n) is 7.76. The standard InChI is InChI=1S/C17H26N2OS/c1-13-6-7-16(11-14(13)2)21-10-8-17(20)19-9-4-5-15(19)12-18-3/h6-7,11,15,18H,4-5,8-10,12H2,1-3H3. The van der Waals surface area contributed by atoms with Crippen molar-refractivity contribution in [2.45, 2.75) is 44.0 Å². The molecule has 1 fully saturated rings. The van der Waals surface area contributed by atoms with Crippen LogP contribution in [0.2, 0.25) is 0 Å². The summed E-state index contributed by atoms with van der Waals surface area (Å²) in [5, 5.41) is 3.19. The molecule has 2 rings (SSSR count). The van der Waals surface area contributed by atoms with E-state index in [2.05, 4.69) is 42.3 Å². The number of amides is 1. The first-order chi connectivity index (χ1) is 10.1. The van der Waals surface area contributed by atoms with Crippen LogP contribution in [0.5, 0.6) is 0 Å². The number of carbonyl (C=O) groups excluding carboxylic acids is 1. The molecule has 1 N–H and O–H groups in total. The minimum absolute atomic E-state index is 0.309. The third-order valence-electron chi connectivity index (χ3n) is 4.20. The molecule has 1 unspecified atom stereocenters. The van der Waals surface area contributed by atoms with Gasteiger partial charge < -0.3 is 10.2 Å². The van der Waals surface area contributed by atoms with Crippen LogP contribution >= 0.6 is 11.8 Å². The molecular formula is C17H26N2OS. The molecule has 0 spiro atoms. The molecule has 1 heterocycles. The van der Waals surface area contributed by atoms with E-state index in [0.29, 0.717) is 18.4 Å². The predicted octanol–water partition coefficient (Wildman–Crippen LogP) is 3.00. The lowest BCUT2D eigenvalue weighted by molar-refractivity contribution is -0.131. The number of thioether (sulfide) groups is 1. The van der Waals surface area contributed by atoms with E-state index < -0.39 is 0 Å². The predicted molar refractivity (Wildman–Crippen MR) is 89.9 cm³/mol. The fourth-order valence-corrected chi connectivity index (χ4v) is 3.75. The molecule has 1 aromatic carbocycles. The van der Waals surface area contributed by atoms with Crippen LogP contribution in [-0.4, -0.2) is 42.7 Å². The molecule has 0 bridgehead atoms. The maximum atomic E-state index is 12.3. The molecule has 1 saturated heterocycles. The highest BCUT2D eigenvalue weighted by molar-refractivity contribution is 7.99. The molecule has 1 aromatic rings. The number of rotatable bonds is 6. The van der Waals surface area contributed by atoms with Gasteiger partial charge >= 0.3 is 0 Å². The smallest absolute Gasteiger partial charge is 0.223 e. The van der Waals surface area contributed by atoms with Gasteiger partial charge in [0, 0.05) is 36.2 Å². The molecule has 4 heteroatoms. The van der Waals surface area contributed by atoms with Crippen LogP contribution in [0.3, 0.4) is 0 Å². The van der Waals surface area contributed by atoms with Crippen LogP contribution in [0, 0.1) is 13.8 Å². The second kappa shape index (κ2) is 7.85. The Balaban J connectivity index is 1.79. The van der Waals surface area contributed by atoms with Gasteiger partial charge in [-0.25, -0.2) is 0 Å². The minimum atomic E-state index is 0.309. The van der Waals surface area contributed by atoms with Gasteiger partial charge in [0.15, 0.2) is 0 Å². The molecule has 21 heavy (non-hydrogen) atoms. The number of aryl methyl sites for hydroxylation is 2. The van der Waals surface area contributed by atoms with E-state index in [-0.39, 0.29) is 0 Å². The molecule has 116 valence electrons. The molecule has 0 aromatic heterocycles. The topological polar surface area (TPSA) is 32.3 Å². The molecule has 1 aliphatic rings. The van der Waals surface area contributed by atoms with Crippen molar-refractivity contribution in [1.29, 1.82) is 0 Å². The van der Waals surface area contributed by atoms with Crippen molar-refractivity contribution >= 4 is 17.7 Å². The minimum Gasteiger partial charge on any atom is -0.338 e. The lowest BCUT2D eigenvalue weighted by atomic mass is 10.1. The van der Waals surface area contributed by atoms with Gasteiger partial charge in [0.25, 0.3) is 0 Å². The van der Waals surface area contributed by atoms with Gasteiger partial charge in [-0.2, -0.15) is 0 Å². The average Bonchev–Trinajstić information content (AvgIpc) is 2.91. The summed E-state index contributed by atoms with van der Waals surface area (Å²) in [4.78, 5) is 15.7. The molecule has 3 nitrogen and oxygen atoms in total. The van der Waals surface area contributed by atoms with E-state index in [1.165, 1.54) is 16.0 Å². The van der Waals surface area contributed by atoms with Crippen molar-refractivity contribution in [2.75, 3.05) is 25.9 Å². The van der Waals surface area contributed by atoms with E-state index in [1.54, 1.807) is 11.8 Å². The Morgan fingerprint density at radius 2 is 2.19 bits per heavy atom. The largest absolute Gasteiger partial charge is 0.338 e. The summed E-state index contributed by atoms with van der Waals surface area (Å²) < 4.78 is 0. The molecule has 1 amide bonds. The number of benzene rings is 1. The van der Waals surface area contributed by atoms with Gasteiger partial charge in [-0.05, 0) is 57.0 Å². The lowest BCUT2D eigenvalue weighted by Gasteiger charge is -2.24. The van der Waals surface area contributed by atoms with Gasteiger partial charge in [-0.1, -0.05) is 6.07 Å². The Morgan fingerprint density at radius 3 is 2.90 bits per heavy atom. The molecular weight excluding hydrogens is 280 g/mol. The van der Waals surface area contributed by atoms with E-state index in [9.17, 15) is 4.79 Å². The Hall–Kier alpha value is -1.00. The zero-order valence-corrected chi connectivity index (χ0v) is 14.1. The zero-order valence-electron chi connectivity index (χ0n) is 13.3. The average molecular weight is 306 g/mol. The number of nitrogens with zero attached hydrogens (tertiary/aromatic N) is 1. The van der Waals surface area contributed by atoms with Crippen molar-refractivity contribution in [3.05, 3.63) is 29.3 Å². The summed E-state index contributed by atoms with van der Waals surface area (Å²) in [5.74, 6) is 1.17. The van der Waals surface area contributed by atoms with Crippen molar-refractivity contribution in [3.63, 3.8) is 0 Å². The third-order valence-corrected chi connectivity index (χ3v) is 5.20. The molecule has 1 aliphatic heterocycles. The summed E-state index contributed by atoms with van der Waals surface area (Å²) in [6.07, 6.45) is 2.91. The highest BCUT2D eigenvalue weighted by atomic mass is 32.2.